The van der Waals surface area contributed by atoms with Crippen LogP contribution in [0.15, 0.2) is 30.3 Å². The zero-order chi connectivity index (χ0) is 9.97. The van der Waals surface area contributed by atoms with E-state index in [2.05, 4.69) is 44.2 Å². The molecule has 0 spiro atoms. The first-order valence-corrected chi connectivity index (χ1v) is 7.02. The van der Waals surface area contributed by atoms with Crippen molar-refractivity contribution in [2.45, 2.75) is 42.9 Å². The first-order valence-electron chi connectivity index (χ1n) is 5.50. The Kier molecular flexibility index (Phi) is 3.17. The average molecular weight is 207 g/mol. The van der Waals surface area contributed by atoms with Crippen molar-refractivity contribution in [3.63, 3.8) is 0 Å². The number of hydrogen-bond donors (Lipinski definition) is 0. The van der Waals surface area contributed by atoms with Gasteiger partial charge in [0.25, 0.3) is 0 Å². The molecule has 1 heteroatoms. The van der Waals surface area contributed by atoms with E-state index in [0.29, 0.717) is 10.9 Å². The van der Waals surface area contributed by atoms with Crippen LogP contribution in [0.3, 0.4) is 0 Å². The van der Waals surface area contributed by atoms with Gasteiger partial charge in [-0.3, -0.25) is 0 Å². The van der Waals surface area contributed by atoms with Crippen molar-refractivity contribution in [3.05, 3.63) is 35.9 Å². The number of benzene rings is 1. The topological polar surface area (TPSA) is 0 Å². The summed E-state index contributed by atoms with van der Waals surface area (Å²) in [6.07, 6.45) is 2.88. The smallest absolute Gasteiger partial charge is 0.0622 e. The highest BCUT2D eigenvalue weighted by Crippen LogP contribution is 2.31. The molecule has 2 atom stereocenters. The van der Waals surface area contributed by atoms with Gasteiger partial charge in [-0.25, -0.2) is 0 Å². The average Bonchev–Trinajstić information content (AvgIpc) is 2.51. The van der Waals surface area contributed by atoms with E-state index in [1.54, 1.807) is 0 Å². The van der Waals surface area contributed by atoms with E-state index >= 15 is 0 Å². The Labute approximate surface area is 90.1 Å². The monoisotopic (exact) mass is 207 g/mol. The maximum atomic E-state index is 2.43. The molecule has 1 heterocycles. The minimum absolute atomic E-state index is 0.632. The lowest BCUT2D eigenvalue weighted by Gasteiger charge is -2.10. The zero-order valence-corrected chi connectivity index (χ0v) is 9.89. The molecule has 1 saturated heterocycles. The normalized spacial score (nSPS) is 28.1. The maximum absolute atomic E-state index is 2.43. The van der Waals surface area contributed by atoms with Gasteiger partial charge in [0.15, 0.2) is 0 Å². The largest absolute Gasteiger partial charge is 0.133 e. The van der Waals surface area contributed by atoms with E-state index < -0.39 is 0 Å². The highest BCUT2D eigenvalue weighted by atomic mass is 32.2. The Hall–Kier alpha value is -0.430. The molecule has 0 amide bonds. The molecule has 1 aromatic rings. The Morgan fingerprint density at radius 1 is 1.07 bits per heavy atom. The number of rotatable bonds is 2. The Balaban J connectivity index is 2.04. The molecule has 0 unspecified atom stereocenters. The van der Waals surface area contributed by atoms with Crippen LogP contribution in [0, 0.1) is 0 Å². The van der Waals surface area contributed by atoms with Crippen LogP contribution < -0.4 is 0 Å². The third-order valence-corrected chi connectivity index (χ3v) is 6.39. The molecular weight excluding hydrogens is 188 g/mol. The summed E-state index contributed by atoms with van der Waals surface area (Å²) in [5.74, 6) is 1.31. The summed E-state index contributed by atoms with van der Waals surface area (Å²) in [6.45, 7) is 4.85. The predicted molar refractivity (Wildman–Crippen MR) is 65.7 cm³/mol. The summed E-state index contributed by atoms with van der Waals surface area (Å²) in [4.78, 5) is 0. The second-order valence-electron chi connectivity index (χ2n) is 4.30. The molecule has 0 nitrogen and oxygen atoms in total. The van der Waals surface area contributed by atoms with Gasteiger partial charge >= 0.3 is 0 Å². The predicted octanol–water partition coefficient (Wildman–Crippen LogP) is 3.38. The van der Waals surface area contributed by atoms with E-state index in [1.165, 1.54) is 24.2 Å². The van der Waals surface area contributed by atoms with Crippen molar-refractivity contribution in [1.29, 1.82) is 0 Å². The van der Waals surface area contributed by atoms with Crippen molar-refractivity contribution in [2.24, 2.45) is 0 Å². The summed E-state index contributed by atoms with van der Waals surface area (Å²) < 4.78 is 0. The van der Waals surface area contributed by atoms with E-state index in [9.17, 15) is 0 Å². The molecule has 0 saturated carbocycles. The van der Waals surface area contributed by atoms with Crippen molar-refractivity contribution in [3.8, 4) is 0 Å². The minimum Gasteiger partial charge on any atom is -0.0622 e. The maximum Gasteiger partial charge on any atom is 0.133 e. The molecule has 76 valence electrons. The molecule has 14 heavy (non-hydrogen) atoms. The number of hydrogen-bond acceptors (Lipinski definition) is 0. The molecule has 0 radical (unpaired) electrons. The highest BCUT2D eigenvalue weighted by molar-refractivity contribution is 7.97. The molecule has 1 fully saturated rings. The molecule has 0 aromatic heterocycles. The highest BCUT2D eigenvalue weighted by Gasteiger charge is 2.39. The van der Waals surface area contributed by atoms with Crippen LogP contribution >= 0.6 is 0 Å². The molecule has 1 aliphatic heterocycles. The lowest BCUT2D eigenvalue weighted by molar-refractivity contribution is 0.777. The first-order chi connectivity index (χ1) is 6.77. The fraction of sp³-hybridized carbons (Fsp3) is 0.538. The third-order valence-electron chi connectivity index (χ3n) is 3.19. The Bertz CT molecular complexity index is 271. The van der Waals surface area contributed by atoms with Crippen LogP contribution in [0.2, 0.25) is 0 Å². The lowest BCUT2D eigenvalue weighted by Crippen LogP contribution is -2.21. The van der Waals surface area contributed by atoms with Gasteiger partial charge in [-0.1, -0.05) is 30.3 Å². The summed E-state index contributed by atoms with van der Waals surface area (Å²) in [5, 5.41) is 1.90. The van der Waals surface area contributed by atoms with Gasteiger partial charge in [0.05, 0.1) is 0 Å². The van der Waals surface area contributed by atoms with Crippen LogP contribution in [0.1, 0.15) is 32.3 Å². The van der Waals surface area contributed by atoms with E-state index in [1.807, 2.05) is 0 Å². The molecule has 0 N–H and O–H groups in total. The Morgan fingerprint density at radius 2 is 1.64 bits per heavy atom. The molecular formula is C13H19S+. The van der Waals surface area contributed by atoms with Gasteiger partial charge in [0.2, 0.25) is 0 Å². The van der Waals surface area contributed by atoms with Crippen LogP contribution in [0.5, 0.6) is 0 Å². The fourth-order valence-electron chi connectivity index (χ4n) is 2.22. The van der Waals surface area contributed by atoms with Crippen molar-refractivity contribution < 1.29 is 0 Å². The van der Waals surface area contributed by atoms with Gasteiger partial charge in [-0.2, -0.15) is 0 Å². The van der Waals surface area contributed by atoms with Crippen LogP contribution in [0.4, 0.5) is 0 Å². The molecule has 0 aliphatic carbocycles. The lowest BCUT2D eigenvalue weighted by atomic mass is 10.2. The van der Waals surface area contributed by atoms with Crippen LogP contribution in [0.25, 0.3) is 0 Å². The van der Waals surface area contributed by atoms with Crippen molar-refractivity contribution in [2.75, 3.05) is 0 Å². The van der Waals surface area contributed by atoms with Crippen molar-refractivity contribution in [1.82, 2.24) is 0 Å². The second-order valence-corrected chi connectivity index (χ2v) is 7.13. The minimum atomic E-state index is 0.632. The summed E-state index contributed by atoms with van der Waals surface area (Å²) in [5.41, 5.74) is 1.52. The summed E-state index contributed by atoms with van der Waals surface area (Å²) in [7, 11) is 0.632. The fourth-order valence-corrected chi connectivity index (χ4v) is 5.04. The quantitative estimate of drug-likeness (QED) is 0.652. The van der Waals surface area contributed by atoms with E-state index in [0.717, 1.165) is 10.5 Å². The van der Waals surface area contributed by atoms with Gasteiger partial charge in [0, 0.05) is 5.56 Å². The van der Waals surface area contributed by atoms with Crippen molar-refractivity contribution >= 4 is 10.9 Å². The third kappa shape index (κ3) is 2.14. The first kappa shape index (κ1) is 10.1. The van der Waals surface area contributed by atoms with Gasteiger partial charge in [-0.05, 0) is 37.6 Å². The van der Waals surface area contributed by atoms with Gasteiger partial charge in [-0.15, -0.1) is 0 Å². The van der Waals surface area contributed by atoms with Gasteiger partial charge < -0.3 is 0 Å². The zero-order valence-electron chi connectivity index (χ0n) is 9.07. The summed E-state index contributed by atoms with van der Waals surface area (Å²) in [6, 6.07) is 11.0. The standard InChI is InChI=1S/C13H19S/c1-11-8-9-12(2)14(11)10-13-6-4-3-5-7-13/h3-7,11-12H,8-10H2,1-2H3/q+1/t11-,12-/m1/s1. The van der Waals surface area contributed by atoms with Gasteiger partial charge in [0.1, 0.15) is 16.3 Å². The van der Waals surface area contributed by atoms with E-state index in [4.69, 9.17) is 0 Å². The van der Waals surface area contributed by atoms with Crippen LogP contribution in [-0.2, 0) is 16.6 Å². The Morgan fingerprint density at radius 3 is 2.21 bits per heavy atom. The molecule has 2 rings (SSSR count). The summed E-state index contributed by atoms with van der Waals surface area (Å²) >= 11 is 0. The van der Waals surface area contributed by atoms with Crippen LogP contribution in [-0.4, -0.2) is 10.5 Å². The second kappa shape index (κ2) is 4.39. The molecule has 1 aromatic carbocycles. The SMILES string of the molecule is C[C@@H]1CC[C@@H](C)[S+]1Cc1ccccc1. The van der Waals surface area contributed by atoms with E-state index in [-0.39, 0.29) is 0 Å². The molecule has 0 bridgehead atoms. The molecule has 1 aliphatic rings.